The van der Waals surface area contributed by atoms with Crippen LogP contribution in [0, 0.1) is 5.82 Å². The molecule has 4 aromatic rings. The van der Waals surface area contributed by atoms with Gasteiger partial charge in [0.2, 0.25) is 5.82 Å². The summed E-state index contributed by atoms with van der Waals surface area (Å²) in [6.45, 7) is 0. The van der Waals surface area contributed by atoms with Crippen molar-refractivity contribution in [1.82, 2.24) is 19.6 Å². The first-order chi connectivity index (χ1) is 14.8. The van der Waals surface area contributed by atoms with E-state index in [1.54, 1.807) is 24.3 Å². The third-order valence-corrected chi connectivity index (χ3v) is 4.30. The van der Waals surface area contributed by atoms with Crippen LogP contribution in [0.4, 0.5) is 23.2 Å². The summed E-state index contributed by atoms with van der Waals surface area (Å²) in [4.78, 5) is 20.5. The number of methoxy groups -OCH3 is 1. The van der Waals surface area contributed by atoms with E-state index in [2.05, 4.69) is 20.4 Å². The van der Waals surface area contributed by atoms with Crippen LogP contribution in [-0.4, -0.2) is 32.6 Å². The van der Waals surface area contributed by atoms with Gasteiger partial charge in [0, 0.05) is 5.56 Å². The Morgan fingerprint density at radius 1 is 1.06 bits per heavy atom. The molecule has 0 unspecified atom stereocenters. The molecule has 7 nitrogen and oxygen atoms in total. The number of rotatable bonds is 4. The van der Waals surface area contributed by atoms with Crippen LogP contribution >= 0.6 is 0 Å². The van der Waals surface area contributed by atoms with E-state index in [-0.39, 0.29) is 11.3 Å². The minimum absolute atomic E-state index is 0.0936. The highest BCUT2D eigenvalue weighted by molar-refractivity contribution is 6.02. The first kappa shape index (κ1) is 20.3. The third-order valence-electron chi connectivity index (χ3n) is 4.30. The third kappa shape index (κ3) is 4.02. The zero-order valence-corrected chi connectivity index (χ0v) is 15.8. The number of hydrogen-bond acceptors (Lipinski definition) is 5. The highest BCUT2D eigenvalue weighted by atomic mass is 19.4. The SMILES string of the molecule is COc1ccccc1NC(=O)c1nc2nc(-c3ccc(F)cc3)cc(C(F)(F)F)n2n1. The number of carbonyl (C=O) groups excluding carboxylic acids is 1. The van der Waals surface area contributed by atoms with Crippen LogP contribution in [0.25, 0.3) is 17.0 Å². The lowest BCUT2D eigenvalue weighted by molar-refractivity contribution is -0.142. The van der Waals surface area contributed by atoms with E-state index < -0.39 is 35.2 Å². The monoisotopic (exact) mass is 431 g/mol. The second-order valence-electron chi connectivity index (χ2n) is 6.33. The predicted octanol–water partition coefficient (Wildman–Crippen LogP) is 4.21. The van der Waals surface area contributed by atoms with Crippen molar-refractivity contribution in [3.63, 3.8) is 0 Å². The number of alkyl halides is 3. The van der Waals surface area contributed by atoms with E-state index in [4.69, 9.17) is 4.74 Å². The van der Waals surface area contributed by atoms with Gasteiger partial charge in [0.15, 0.2) is 5.69 Å². The van der Waals surface area contributed by atoms with Crippen LogP contribution in [-0.2, 0) is 6.18 Å². The van der Waals surface area contributed by atoms with E-state index in [0.29, 0.717) is 16.0 Å². The quantitative estimate of drug-likeness (QED) is 0.490. The number of hydrogen-bond donors (Lipinski definition) is 1. The Hall–Kier alpha value is -4.02. The molecule has 2 heterocycles. The van der Waals surface area contributed by atoms with Gasteiger partial charge in [0.25, 0.3) is 11.7 Å². The molecular weight excluding hydrogens is 418 g/mol. The Kier molecular flexibility index (Phi) is 5.01. The van der Waals surface area contributed by atoms with Crippen LogP contribution < -0.4 is 10.1 Å². The van der Waals surface area contributed by atoms with Crippen molar-refractivity contribution in [1.29, 1.82) is 0 Å². The standard InChI is InChI=1S/C20H13F4N5O2/c1-31-15-5-3-2-4-13(15)25-18(30)17-27-19-26-14(11-6-8-12(21)9-7-11)10-16(20(22,23)24)29(19)28-17/h2-10H,1H3,(H,25,30). The number of para-hydroxylation sites is 2. The van der Waals surface area contributed by atoms with Gasteiger partial charge in [-0.2, -0.15) is 22.7 Å². The summed E-state index contributed by atoms with van der Waals surface area (Å²) in [6.07, 6.45) is -4.81. The van der Waals surface area contributed by atoms with Gasteiger partial charge in [-0.15, -0.1) is 5.10 Å². The highest BCUT2D eigenvalue weighted by Crippen LogP contribution is 2.32. The van der Waals surface area contributed by atoms with Gasteiger partial charge in [0.1, 0.15) is 11.6 Å². The van der Waals surface area contributed by atoms with E-state index in [1.165, 1.54) is 19.2 Å². The zero-order chi connectivity index (χ0) is 22.2. The minimum atomic E-state index is -4.81. The van der Waals surface area contributed by atoms with Crippen molar-refractivity contribution < 1.29 is 27.1 Å². The summed E-state index contributed by atoms with van der Waals surface area (Å²) >= 11 is 0. The van der Waals surface area contributed by atoms with Crippen molar-refractivity contribution in [3.05, 3.63) is 71.9 Å². The Morgan fingerprint density at radius 2 is 1.77 bits per heavy atom. The van der Waals surface area contributed by atoms with E-state index in [0.717, 1.165) is 18.2 Å². The molecule has 1 amide bonds. The Morgan fingerprint density at radius 3 is 2.45 bits per heavy atom. The number of aromatic nitrogens is 4. The van der Waals surface area contributed by atoms with Crippen molar-refractivity contribution >= 4 is 17.4 Å². The fourth-order valence-corrected chi connectivity index (χ4v) is 2.86. The average Bonchev–Trinajstić information content (AvgIpc) is 3.17. The van der Waals surface area contributed by atoms with Gasteiger partial charge < -0.3 is 10.1 Å². The Balaban J connectivity index is 1.78. The number of amides is 1. The fraction of sp³-hybridized carbons (Fsp3) is 0.100. The molecule has 0 fully saturated rings. The highest BCUT2D eigenvalue weighted by Gasteiger charge is 2.36. The number of benzene rings is 2. The molecule has 0 bridgehead atoms. The van der Waals surface area contributed by atoms with E-state index in [1.807, 2.05) is 0 Å². The van der Waals surface area contributed by atoms with Crippen LogP contribution in [0.2, 0.25) is 0 Å². The van der Waals surface area contributed by atoms with Crippen molar-refractivity contribution in [2.45, 2.75) is 6.18 Å². The molecule has 0 aliphatic carbocycles. The summed E-state index contributed by atoms with van der Waals surface area (Å²) < 4.78 is 59.7. The smallest absolute Gasteiger partial charge is 0.433 e. The van der Waals surface area contributed by atoms with Gasteiger partial charge in [-0.3, -0.25) is 4.79 Å². The van der Waals surface area contributed by atoms with Crippen molar-refractivity contribution in [2.75, 3.05) is 12.4 Å². The maximum atomic E-state index is 13.6. The maximum Gasteiger partial charge on any atom is 0.433 e. The summed E-state index contributed by atoms with van der Waals surface area (Å²) in [5.41, 5.74) is -0.730. The molecule has 1 N–H and O–H groups in total. The normalized spacial score (nSPS) is 11.5. The number of anilines is 1. The number of carbonyl (C=O) groups is 1. The van der Waals surface area contributed by atoms with Crippen LogP contribution in [0.1, 0.15) is 16.3 Å². The topological polar surface area (TPSA) is 81.4 Å². The van der Waals surface area contributed by atoms with Gasteiger partial charge in [-0.25, -0.2) is 9.37 Å². The summed E-state index contributed by atoms with van der Waals surface area (Å²) in [5, 5.41) is 6.19. The number of ether oxygens (including phenoxy) is 1. The molecule has 0 aliphatic rings. The molecule has 0 radical (unpaired) electrons. The molecule has 0 atom stereocenters. The Bertz CT molecular complexity index is 1270. The molecule has 158 valence electrons. The second kappa shape index (κ2) is 7.67. The fourth-order valence-electron chi connectivity index (χ4n) is 2.86. The molecule has 4 rings (SSSR count). The minimum Gasteiger partial charge on any atom is -0.495 e. The Labute approximate surface area is 172 Å². The number of halogens is 4. The molecular formula is C20H13F4N5O2. The molecule has 2 aromatic carbocycles. The molecule has 31 heavy (non-hydrogen) atoms. The van der Waals surface area contributed by atoms with E-state index >= 15 is 0 Å². The summed E-state index contributed by atoms with van der Waals surface area (Å²) in [6, 6.07) is 12.0. The number of nitrogens with one attached hydrogen (secondary N) is 1. The van der Waals surface area contributed by atoms with Crippen molar-refractivity contribution in [2.24, 2.45) is 0 Å². The summed E-state index contributed by atoms with van der Waals surface area (Å²) in [5.74, 6) is -1.98. The van der Waals surface area contributed by atoms with Gasteiger partial charge in [-0.1, -0.05) is 12.1 Å². The molecule has 2 aromatic heterocycles. The largest absolute Gasteiger partial charge is 0.495 e. The summed E-state index contributed by atoms with van der Waals surface area (Å²) in [7, 11) is 1.41. The molecule has 0 aliphatic heterocycles. The molecule has 0 saturated carbocycles. The van der Waals surface area contributed by atoms with Gasteiger partial charge >= 0.3 is 6.18 Å². The first-order valence-electron chi connectivity index (χ1n) is 8.81. The van der Waals surface area contributed by atoms with Crippen molar-refractivity contribution in [3.8, 4) is 17.0 Å². The predicted molar refractivity (Wildman–Crippen MR) is 102 cm³/mol. The zero-order valence-electron chi connectivity index (χ0n) is 15.8. The van der Waals surface area contributed by atoms with Crippen LogP contribution in [0.5, 0.6) is 5.75 Å². The number of fused-ring (bicyclic) bond motifs is 1. The lowest BCUT2D eigenvalue weighted by Gasteiger charge is -2.10. The second-order valence-corrected chi connectivity index (χ2v) is 6.33. The molecule has 0 spiro atoms. The maximum absolute atomic E-state index is 13.6. The van der Waals surface area contributed by atoms with Gasteiger partial charge in [-0.05, 0) is 42.5 Å². The molecule has 0 saturated heterocycles. The van der Waals surface area contributed by atoms with Gasteiger partial charge in [0.05, 0.1) is 18.5 Å². The lowest BCUT2D eigenvalue weighted by Crippen LogP contribution is -2.16. The lowest BCUT2D eigenvalue weighted by atomic mass is 10.1. The number of nitrogens with zero attached hydrogens (tertiary/aromatic N) is 4. The average molecular weight is 431 g/mol. The molecule has 11 heteroatoms. The van der Waals surface area contributed by atoms with E-state index in [9.17, 15) is 22.4 Å². The van der Waals surface area contributed by atoms with Crippen LogP contribution in [0.15, 0.2) is 54.6 Å². The van der Waals surface area contributed by atoms with Crippen LogP contribution in [0.3, 0.4) is 0 Å². The first-order valence-corrected chi connectivity index (χ1v) is 8.81.